The molecule has 110 valence electrons. The fourth-order valence-corrected chi connectivity index (χ4v) is 2.49. The van der Waals surface area contributed by atoms with E-state index in [9.17, 15) is 9.90 Å². The number of benzene rings is 2. The van der Waals surface area contributed by atoms with Crippen molar-refractivity contribution in [3.05, 3.63) is 63.6 Å². The standard InChI is InChI=1S/C16H15Cl2NO2/c17-13-8-12(9-14(18)16(13)21)10-15(20)19-7-6-11-4-2-1-3-5-11/h1-5,8-9,21H,6-7,10H2,(H,19,20). The van der Waals surface area contributed by atoms with Gasteiger partial charge in [0, 0.05) is 6.54 Å². The van der Waals surface area contributed by atoms with Crippen LogP contribution >= 0.6 is 23.2 Å². The summed E-state index contributed by atoms with van der Waals surface area (Å²) >= 11 is 11.6. The van der Waals surface area contributed by atoms with Gasteiger partial charge in [-0.2, -0.15) is 0 Å². The minimum atomic E-state index is -0.161. The van der Waals surface area contributed by atoms with Crippen molar-refractivity contribution in [2.75, 3.05) is 6.54 Å². The van der Waals surface area contributed by atoms with Crippen LogP contribution in [0.4, 0.5) is 0 Å². The molecule has 0 radical (unpaired) electrons. The van der Waals surface area contributed by atoms with Gasteiger partial charge in [-0.05, 0) is 29.7 Å². The van der Waals surface area contributed by atoms with Crippen molar-refractivity contribution in [1.29, 1.82) is 0 Å². The first-order chi connectivity index (χ1) is 10.1. The summed E-state index contributed by atoms with van der Waals surface area (Å²) in [4.78, 5) is 11.9. The van der Waals surface area contributed by atoms with Gasteiger partial charge in [0.2, 0.25) is 5.91 Å². The molecule has 0 aliphatic carbocycles. The Labute approximate surface area is 133 Å². The van der Waals surface area contributed by atoms with Crippen molar-refractivity contribution < 1.29 is 9.90 Å². The number of hydrogen-bond acceptors (Lipinski definition) is 2. The number of rotatable bonds is 5. The molecule has 0 heterocycles. The largest absolute Gasteiger partial charge is 0.505 e. The third-order valence-electron chi connectivity index (χ3n) is 3.02. The molecule has 0 aliphatic heterocycles. The molecule has 0 fully saturated rings. The van der Waals surface area contributed by atoms with Gasteiger partial charge in [-0.1, -0.05) is 53.5 Å². The van der Waals surface area contributed by atoms with Gasteiger partial charge < -0.3 is 10.4 Å². The summed E-state index contributed by atoms with van der Waals surface area (Å²) in [6.07, 6.45) is 0.957. The maximum Gasteiger partial charge on any atom is 0.224 e. The van der Waals surface area contributed by atoms with Crippen LogP contribution < -0.4 is 5.32 Å². The number of carbonyl (C=O) groups excluding carboxylic acids is 1. The van der Waals surface area contributed by atoms with Crippen LogP contribution in [-0.4, -0.2) is 17.6 Å². The Hall–Kier alpha value is -1.71. The van der Waals surface area contributed by atoms with Crippen LogP contribution in [0.15, 0.2) is 42.5 Å². The van der Waals surface area contributed by atoms with Gasteiger partial charge in [-0.25, -0.2) is 0 Å². The molecule has 0 bridgehead atoms. The number of hydrogen-bond donors (Lipinski definition) is 2. The molecule has 3 nitrogen and oxygen atoms in total. The molecule has 0 atom stereocenters. The zero-order valence-electron chi connectivity index (χ0n) is 11.3. The van der Waals surface area contributed by atoms with Gasteiger partial charge in [0.05, 0.1) is 16.5 Å². The predicted molar refractivity (Wildman–Crippen MR) is 85.0 cm³/mol. The van der Waals surface area contributed by atoms with E-state index in [2.05, 4.69) is 5.32 Å². The average Bonchev–Trinajstić information content (AvgIpc) is 2.46. The molecule has 0 unspecified atom stereocenters. The number of phenols is 1. The van der Waals surface area contributed by atoms with E-state index in [4.69, 9.17) is 23.2 Å². The third kappa shape index (κ3) is 4.66. The van der Waals surface area contributed by atoms with Crippen molar-refractivity contribution in [2.45, 2.75) is 12.8 Å². The number of aromatic hydroxyl groups is 1. The molecule has 0 spiro atoms. The van der Waals surface area contributed by atoms with Gasteiger partial charge in [0.1, 0.15) is 0 Å². The van der Waals surface area contributed by atoms with Gasteiger partial charge in [0.25, 0.3) is 0 Å². The minimum Gasteiger partial charge on any atom is -0.505 e. The van der Waals surface area contributed by atoms with Crippen LogP contribution in [0.25, 0.3) is 0 Å². The summed E-state index contributed by atoms with van der Waals surface area (Å²) < 4.78 is 0. The lowest BCUT2D eigenvalue weighted by atomic mass is 10.1. The summed E-state index contributed by atoms with van der Waals surface area (Å²) in [5.74, 6) is -0.268. The highest BCUT2D eigenvalue weighted by atomic mass is 35.5. The van der Waals surface area contributed by atoms with E-state index in [0.717, 1.165) is 6.42 Å². The van der Waals surface area contributed by atoms with Crippen molar-refractivity contribution in [3.63, 3.8) is 0 Å². The smallest absolute Gasteiger partial charge is 0.224 e. The normalized spacial score (nSPS) is 10.4. The molecular formula is C16H15Cl2NO2. The lowest BCUT2D eigenvalue weighted by molar-refractivity contribution is -0.120. The molecule has 0 saturated carbocycles. The van der Waals surface area contributed by atoms with E-state index in [1.165, 1.54) is 5.56 Å². The molecule has 0 saturated heterocycles. The molecule has 2 N–H and O–H groups in total. The molecule has 21 heavy (non-hydrogen) atoms. The van der Waals surface area contributed by atoms with Crippen LogP contribution in [0.2, 0.25) is 10.0 Å². The van der Waals surface area contributed by atoms with Crippen LogP contribution in [0, 0.1) is 0 Å². The van der Waals surface area contributed by atoms with Gasteiger partial charge in [-0.3, -0.25) is 4.79 Å². The summed E-state index contributed by atoms with van der Waals surface area (Å²) in [5.41, 5.74) is 1.84. The zero-order valence-corrected chi connectivity index (χ0v) is 12.8. The Morgan fingerprint density at radius 1 is 1.05 bits per heavy atom. The number of carbonyl (C=O) groups is 1. The number of halogens is 2. The second-order valence-electron chi connectivity index (χ2n) is 4.67. The van der Waals surface area contributed by atoms with Crippen LogP contribution in [-0.2, 0) is 17.6 Å². The van der Waals surface area contributed by atoms with Crippen molar-refractivity contribution in [2.24, 2.45) is 0 Å². The first-order valence-electron chi connectivity index (χ1n) is 6.54. The second-order valence-corrected chi connectivity index (χ2v) is 5.48. The molecule has 2 aromatic rings. The molecule has 0 aliphatic rings. The summed E-state index contributed by atoms with van der Waals surface area (Å²) in [6.45, 7) is 0.572. The summed E-state index contributed by atoms with van der Waals surface area (Å²) in [7, 11) is 0. The van der Waals surface area contributed by atoms with E-state index in [1.54, 1.807) is 12.1 Å². The van der Waals surface area contributed by atoms with E-state index in [-0.39, 0.29) is 28.1 Å². The quantitative estimate of drug-likeness (QED) is 0.883. The Morgan fingerprint density at radius 3 is 2.29 bits per heavy atom. The zero-order chi connectivity index (χ0) is 15.2. The molecule has 2 rings (SSSR count). The van der Waals surface area contributed by atoms with E-state index in [0.29, 0.717) is 12.1 Å². The first kappa shape index (κ1) is 15.7. The number of phenolic OH excluding ortho intramolecular Hbond substituents is 1. The van der Waals surface area contributed by atoms with Gasteiger partial charge in [-0.15, -0.1) is 0 Å². The Bertz CT molecular complexity index is 606. The molecule has 2 aromatic carbocycles. The van der Waals surface area contributed by atoms with E-state index < -0.39 is 0 Å². The highest BCUT2D eigenvalue weighted by Gasteiger charge is 2.09. The molecule has 0 aromatic heterocycles. The minimum absolute atomic E-state index is 0.108. The van der Waals surface area contributed by atoms with Crippen molar-refractivity contribution >= 4 is 29.1 Å². The fourth-order valence-electron chi connectivity index (χ4n) is 1.96. The molecule has 5 heteroatoms. The Balaban J connectivity index is 1.85. The predicted octanol–water partition coefficient (Wildman–Crippen LogP) is 3.60. The number of nitrogens with one attached hydrogen (secondary N) is 1. The van der Waals surface area contributed by atoms with Crippen molar-refractivity contribution in [1.82, 2.24) is 5.32 Å². The van der Waals surface area contributed by atoms with Gasteiger partial charge >= 0.3 is 0 Å². The van der Waals surface area contributed by atoms with Gasteiger partial charge in [0.15, 0.2) is 5.75 Å². The topological polar surface area (TPSA) is 49.3 Å². The lowest BCUT2D eigenvalue weighted by Gasteiger charge is -2.07. The first-order valence-corrected chi connectivity index (χ1v) is 7.29. The third-order valence-corrected chi connectivity index (χ3v) is 3.60. The molecular weight excluding hydrogens is 309 g/mol. The van der Waals surface area contributed by atoms with E-state index in [1.807, 2.05) is 30.3 Å². The van der Waals surface area contributed by atoms with Crippen LogP contribution in [0.3, 0.4) is 0 Å². The summed E-state index contributed by atoms with van der Waals surface area (Å²) in [5, 5.41) is 12.6. The number of amides is 1. The fraction of sp³-hybridized carbons (Fsp3) is 0.188. The monoisotopic (exact) mass is 323 g/mol. The highest BCUT2D eigenvalue weighted by molar-refractivity contribution is 6.37. The maximum atomic E-state index is 11.9. The van der Waals surface area contributed by atoms with Crippen LogP contribution in [0.1, 0.15) is 11.1 Å². The molecule has 1 amide bonds. The average molecular weight is 324 g/mol. The Kier molecular flexibility index (Phi) is 5.48. The SMILES string of the molecule is O=C(Cc1cc(Cl)c(O)c(Cl)c1)NCCc1ccccc1. The second kappa shape index (κ2) is 7.34. The Morgan fingerprint density at radius 2 is 1.67 bits per heavy atom. The van der Waals surface area contributed by atoms with Crippen LogP contribution in [0.5, 0.6) is 5.75 Å². The van der Waals surface area contributed by atoms with E-state index >= 15 is 0 Å². The maximum absolute atomic E-state index is 11.9. The summed E-state index contributed by atoms with van der Waals surface area (Å²) in [6, 6.07) is 13.0. The highest BCUT2D eigenvalue weighted by Crippen LogP contribution is 2.32. The lowest BCUT2D eigenvalue weighted by Crippen LogP contribution is -2.27. The van der Waals surface area contributed by atoms with Crippen molar-refractivity contribution in [3.8, 4) is 5.75 Å².